The molecule has 0 bridgehead atoms. The lowest BCUT2D eigenvalue weighted by Crippen LogP contribution is -2.49. The maximum Gasteiger partial charge on any atom is 0.319 e. The molecule has 1 fully saturated rings. The number of aromatic nitrogens is 2. The molecule has 1 aliphatic heterocycles. The molecule has 2 heterocycles. The van der Waals surface area contributed by atoms with E-state index in [2.05, 4.69) is 36.5 Å². The van der Waals surface area contributed by atoms with Gasteiger partial charge in [0.25, 0.3) is 0 Å². The van der Waals surface area contributed by atoms with Crippen molar-refractivity contribution in [1.29, 1.82) is 5.26 Å². The Hall–Kier alpha value is -3.18. The second kappa shape index (κ2) is 8.78. The van der Waals surface area contributed by atoms with Crippen LogP contribution in [-0.4, -0.2) is 60.2 Å². The van der Waals surface area contributed by atoms with Gasteiger partial charge in [-0.2, -0.15) is 5.26 Å². The molecule has 0 aliphatic carbocycles. The van der Waals surface area contributed by atoms with Gasteiger partial charge >= 0.3 is 6.03 Å². The third-order valence-electron chi connectivity index (χ3n) is 4.17. The van der Waals surface area contributed by atoms with Crippen molar-refractivity contribution in [2.24, 2.45) is 0 Å². The Morgan fingerprint density at radius 2 is 1.92 bits per heavy atom. The van der Waals surface area contributed by atoms with E-state index in [0.29, 0.717) is 17.8 Å². The van der Waals surface area contributed by atoms with E-state index in [0.717, 1.165) is 38.7 Å². The van der Waals surface area contributed by atoms with Crippen LogP contribution in [0.5, 0.6) is 0 Å². The van der Waals surface area contributed by atoms with Crippen molar-refractivity contribution in [3.05, 3.63) is 48.3 Å². The van der Waals surface area contributed by atoms with Crippen LogP contribution in [0.2, 0.25) is 0 Å². The van der Waals surface area contributed by atoms with E-state index in [1.54, 1.807) is 36.7 Å². The number of amides is 2. The normalized spacial score (nSPS) is 14.5. The summed E-state index contributed by atoms with van der Waals surface area (Å²) in [6.07, 6.45) is 3.51. The molecule has 8 nitrogen and oxygen atoms in total. The topological polar surface area (TPSA) is 97.2 Å². The zero-order valence-electron chi connectivity index (χ0n) is 14.4. The standard InChI is InChI=1S/C18H21N7O/c19-14-15-3-1-4-16(13-15)23-18(26)22-7-8-24-9-11-25(12-10-24)17-20-5-2-6-21-17/h1-6,13H,7-12H2,(H2,22,23,26). The monoisotopic (exact) mass is 351 g/mol. The molecule has 2 N–H and O–H groups in total. The Balaban J connectivity index is 1.36. The van der Waals surface area contributed by atoms with Gasteiger partial charge in [0, 0.05) is 57.3 Å². The van der Waals surface area contributed by atoms with Crippen LogP contribution in [0.15, 0.2) is 42.7 Å². The third-order valence-corrected chi connectivity index (χ3v) is 4.17. The number of anilines is 2. The second-order valence-electron chi connectivity index (χ2n) is 5.95. The SMILES string of the molecule is N#Cc1cccc(NC(=O)NCCN2CCN(c3ncccn3)CC2)c1. The van der Waals surface area contributed by atoms with Crippen LogP contribution in [0.4, 0.5) is 16.4 Å². The van der Waals surface area contributed by atoms with Gasteiger partial charge < -0.3 is 15.5 Å². The van der Waals surface area contributed by atoms with Crippen LogP contribution < -0.4 is 15.5 Å². The third kappa shape index (κ3) is 4.91. The van der Waals surface area contributed by atoms with Crippen LogP contribution in [0.3, 0.4) is 0 Å². The van der Waals surface area contributed by atoms with Crippen LogP contribution in [0.25, 0.3) is 0 Å². The number of hydrogen-bond donors (Lipinski definition) is 2. The number of carbonyl (C=O) groups is 1. The van der Waals surface area contributed by atoms with Gasteiger partial charge in [0.2, 0.25) is 5.95 Å². The van der Waals surface area contributed by atoms with Crippen molar-refractivity contribution in [3.63, 3.8) is 0 Å². The molecule has 2 aromatic rings. The highest BCUT2D eigenvalue weighted by Crippen LogP contribution is 2.10. The van der Waals surface area contributed by atoms with Gasteiger partial charge in [0.05, 0.1) is 11.6 Å². The van der Waals surface area contributed by atoms with Crippen molar-refractivity contribution in [2.45, 2.75) is 0 Å². The van der Waals surface area contributed by atoms with Crippen LogP contribution >= 0.6 is 0 Å². The number of piperazine rings is 1. The average Bonchev–Trinajstić information content (AvgIpc) is 2.69. The number of nitrogens with one attached hydrogen (secondary N) is 2. The quantitative estimate of drug-likeness (QED) is 0.842. The summed E-state index contributed by atoms with van der Waals surface area (Å²) in [5.74, 6) is 0.768. The number of urea groups is 1. The number of benzene rings is 1. The molecule has 134 valence electrons. The highest BCUT2D eigenvalue weighted by atomic mass is 16.2. The van der Waals surface area contributed by atoms with Gasteiger partial charge in [-0.1, -0.05) is 6.07 Å². The fourth-order valence-corrected chi connectivity index (χ4v) is 2.80. The summed E-state index contributed by atoms with van der Waals surface area (Å²) in [5.41, 5.74) is 1.13. The average molecular weight is 351 g/mol. The molecule has 0 atom stereocenters. The highest BCUT2D eigenvalue weighted by molar-refractivity contribution is 5.89. The summed E-state index contributed by atoms with van der Waals surface area (Å²) in [7, 11) is 0. The van der Waals surface area contributed by atoms with Gasteiger partial charge in [-0.25, -0.2) is 14.8 Å². The molecule has 2 amide bonds. The van der Waals surface area contributed by atoms with Crippen molar-refractivity contribution < 1.29 is 4.79 Å². The molecule has 0 saturated carbocycles. The largest absolute Gasteiger partial charge is 0.338 e. The molecular weight excluding hydrogens is 330 g/mol. The molecule has 1 saturated heterocycles. The number of nitrogens with zero attached hydrogens (tertiary/aromatic N) is 5. The van der Waals surface area contributed by atoms with Gasteiger partial charge in [0.15, 0.2) is 0 Å². The first-order valence-corrected chi connectivity index (χ1v) is 8.54. The summed E-state index contributed by atoms with van der Waals surface area (Å²) in [5, 5.41) is 14.5. The fourth-order valence-electron chi connectivity index (χ4n) is 2.80. The zero-order chi connectivity index (χ0) is 18.2. The minimum atomic E-state index is -0.267. The molecule has 26 heavy (non-hydrogen) atoms. The summed E-state index contributed by atoms with van der Waals surface area (Å²) in [4.78, 5) is 25.0. The second-order valence-corrected chi connectivity index (χ2v) is 5.95. The number of rotatable bonds is 5. The Morgan fingerprint density at radius 3 is 2.65 bits per heavy atom. The van der Waals surface area contributed by atoms with Gasteiger partial charge in [0.1, 0.15) is 0 Å². The predicted molar refractivity (Wildman–Crippen MR) is 98.9 cm³/mol. The summed E-state index contributed by atoms with van der Waals surface area (Å²) >= 11 is 0. The maximum absolute atomic E-state index is 11.9. The first kappa shape index (κ1) is 17.6. The Morgan fingerprint density at radius 1 is 1.15 bits per heavy atom. The smallest absolute Gasteiger partial charge is 0.319 e. The first-order chi connectivity index (χ1) is 12.7. The lowest BCUT2D eigenvalue weighted by molar-refractivity contribution is 0.240. The molecule has 1 aromatic carbocycles. The minimum Gasteiger partial charge on any atom is -0.338 e. The lowest BCUT2D eigenvalue weighted by atomic mass is 10.2. The molecule has 3 rings (SSSR count). The summed E-state index contributed by atoms with van der Waals surface area (Å²) < 4.78 is 0. The minimum absolute atomic E-state index is 0.267. The predicted octanol–water partition coefficient (Wildman–Crippen LogP) is 1.29. The lowest BCUT2D eigenvalue weighted by Gasteiger charge is -2.34. The summed E-state index contributed by atoms with van der Waals surface area (Å²) in [6, 6.07) is 10.4. The van der Waals surface area contributed by atoms with Crippen molar-refractivity contribution in [2.75, 3.05) is 49.5 Å². The Bertz CT molecular complexity index is 767. The van der Waals surface area contributed by atoms with E-state index >= 15 is 0 Å². The molecule has 0 spiro atoms. The van der Waals surface area contributed by atoms with E-state index in [1.807, 2.05) is 6.07 Å². The number of nitriles is 1. The van der Waals surface area contributed by atoms with Gasteiger partial charge in [-0.05, 0) is 24.3 Å². The van der Waals surface area contributed by atoms with Crippen molar-refractivity contribution in [1.82, 2.24) is 20.2 Å². The fraction of sp³-hybridized carbons (Fsp3) is 0.333. The number of carbonyl (C=O) groups excluding carboxylic acids is 1. The Labute approximate surface area is 152 Å². The van der Waals surface area contributed by atoms with E-state index in [-0.39, 0.29) is 6.03 Å². The molecule has 0 radical (unpaired) electrons. The Kier molecular flexibility index (Phi) is 5.96. The molecule has 0 unspecified atom stereocenters. The van der Waals surface area contributed by atoms with Gasteiger partial charge in [-0.15, -0.1) is 0 Å². The molecule has 1 aromatic heterocycles. The molecule has 1 aliphatic rings. The first-order valence-electron chi connectivity index (χ1n) is 8.54. The van der Waals surface area contributed by atoms with Crippen molar-refractivity contribution in [3.8, 4) is 6.07 Å². The molecular formula is C18H21N7O. The zero-order valence-corrected chi connectivity index (χ0v) is 14.4. The van der Waals surface area contributed by atoms with E-state index in [4.69, 9.17) is 5.26 Å². The van der Waals surface area contributed by atoms with E-state index in [9.17, 15) is 4.79 Å². The van der Waals surface area contributed by atoms with Gasteiger partial charge in [-0.3, -0.25) is 4.90 Å². The number of hydrogen-bond acceptors (Lipinski definition) is 6. The van der Waals surface area contributed by atoms with E-state index < -0.39 is 0 Å². The molecule has 8 heteroatoms. The van der Waals surface area contributed by atoms with Crippen LogP contribution in [0, 0.1) is 11.3 Å². The van der Waals surface area contributed by atoms with E-state index in [1.165, 1.54) is 0 Å². The van der Waals surface area contributed by atoms with Crippen molar-refractivity contribution >= 4 is 17.7 Å². The van der Waals surface area contributed by atoms with Crippen LogP contribution in [0.1, 0.15) is 5.56 Å². The summed E-state index contributed by atoms with van der Waals surface area (Å²) in [6.45, 7) is 4.91. The van der Waals surface area contributed by atoms with Crippen LogP contribution in [-0.2, 0) is 0 Å². The highest BCUT2D eigenvalue weighted by Gasteiger charge is 2.18. The maximum atomic E-state index is 11.9.